The van der Waals surface area contributed by atoms with Gasteiger partial charge in [-0.15, -0.1) is 0 Å². The highest BCUT2D eigenvalue weighted by molar-refractivity contribution is 6.07. The average Bonchev–Trinajstić information content (AvgIpc) is 3.90. The second-order valence-electron chi connectivity index (χ2n) is 17.2. The van der Waals surface area contributed by atoms with Crippen molar-refractivity contribution in [3.63, 3.8) is 0 Å². The van der Waals surface area contributed by atoms with Crippen molar-refractivity contribution in [3.05, 3.63) is 111 Å². The predicted molar refractivity (Wildman–Crippen MR) is 182 cm³/mol. The van der Waals surface area contributed by atoms with Crippen molar-refractivity contribution >= 4 is 5.78 Å². The summed E-state index contributed by atoms with van der Waals surface area (Å²) >= 11 is 0. The van der Waals surface area contributed by atoms with Crippen LogP contribution in [-0.2, 0) is 89.9 Å². The summed E-state index contributed by atoms with van der Waals surface area (Å²) in [6.07, 6.45) is 25.5. The van der Waals surface area contributed by atoms with Crippen molar-refractivity contribution < 1.29 is 4.79 Å². The first-order valence-corrected chi connectivity index (χ1v) is 19.6. The molecule has 0 bridgehead atoms. The molecule has 3 aromatic rings. The monoisotopic (exact) mass is 600 g/mol. The van der Waals surface area contributed by atoms with Gasteiger partial charge in [0.05, 0.1) is 0 Å². The maximum atomic E-state index is 15.6. The van der Waals surface area contributed by atoms with Crippen LogP contribution in [0, 0.1) is 5.92 Å². The highest BCUT2D eigenvalue weighted by atomic mass is 16.1. The largest absolute Gasteiger partial charge is 0.294 e. The zero-order valence-electron chi connectivity index (χ0n) is 27.4. The Morgan fingerprint density at radius 3 is 1.13 bits per heavy atom. The second kappa shape index (κ2) is 8.37. The van der Waals surface area contributed by atoms with Gasteiger partial charge in [-0.1, -0.05) is 11.1 Å². The van der Waals surface area contributed by atoms with Gasteiger partial charge in [0.2, 0.25) is 0 Å². The Labute approximate surface area is 273 Å². The van der Waals surface area contributed by atoms with Gasteiger partial charge in [-0.3, -0.25) is 4.79 Å². The van der Waals surface area contributed by atoms with E-state index >= 15 is 4.79 Å². The fourth-order valence-corrected chi connectivity index (χ4v) is 14.7. The average molecular weight is 601 g/mol. The molecule has 0 unspecified atom stereocenters. The minimum atomic E-state index is 0.136. The molecule has 0 aromatic heterocycles. The van der Waals surface area contributed by atoms with E-state index in [4.69, 9.17) is 0 Å². The van der Waals surface area contributed by atoms with Gasteiger partial charge in [0.25, 0.3) is 0 Å². The number of carbonyl (C=O) groups excluding carboxylic acids is 1. The molecule has 13 rings (SSSR count). The summed E-state index contributed by atoms with van der Waals surface area (Å²) in [5, 5.41) is 0. The van der Waals surface area contributed by atoms with E-state index < -0.39 is 0 Å². The number of rotatable bonds is 0. The second-order valence-corrected chi connectivity index (χ2v) is 17.2. The topological polar surface area (TPSA) is 17.1 Å². The maximum absolute atomic E-state index is 15.6. The van der Waals surface area contributed by atoms with Crippen LogP contribution in [0.15, 0.2) is 11.1 Å². The quantitative estimate of drug-likeness (QED) is 0.237. The molecule has 1 nitrogen and oxygen atoms in total. The Morgan fingerprint density at radius 1 is 0.326 bits per heavy atom. The van der Waals surface area contributed by atoms with Gasteiger partial charge < -0.3 is 0 Å². The summed E-state index contributed by atoms with van der Waals surface area (Å²) in [6.45, 7) is 0. The molecule has 0 aliphatic heterocycles. The van der Waals surface area contributed by atoms with Crippen LogP contribution < -0.4 is 0 Å². The molecule has 46 heavy (non-hydrogen) atoms. The molecule has 230 valence electrons. The first-order chi connectivity index (χ1) is 22.8. The zero-order valence-corrected chi connectivity index (χ0v) is 27.4. The molecular weight excluding hydrogens is 556 g/mol. The Morgan fingerprint density at radius 2 is 0.652 bits per heavy atom. The molecule has 10 aliphatic rings. The van der Waals surface area contributed by atoms with Crippen LogP contribution in [0.25, 0.3) is 0 Å². The summed E-state index contributed by atoms with van der Waals surface area (Å²) in [5.74, 6) is 1.94. The van der Waals surface area contributed by atoms with E-state index in [9.17, 15) is 0 Å². The number of benzene rings is 3. The lowest BCUT2D eigenvalue weighted by Crippen LogP contribution is -2.32. The minimum Gasteiger partial charge on any atom is -0.294 e. The van der Waals surface area contributed by atoms with Crippen LogP contribution in [-0.4, -0.2) is 5.78 Å². The molecule has 0 radical (unpaired) electrons. The van der Waals surface area contributed by atoms with Gasteiger partial charge in [0.1, 0.15) is 0 Å². The summed E-state index contributed by atoms with van der Waals surface area (Å²) in [4.78, 5) is 15.6. The molecule has 10 aliphatic carbocycles. The van der Waals surface area contributed by atoms with E-state index in [1.165, 1.54) is 133 Å². The van der Waals surface area contributed by atoms with Crippen LogP contribution in [0.2, 0.25) is 0 Å². The number of hydrogen-bond donors (Lipinski definition) is 0. The summed E-state index contributed by atoms with van der Waals surface area (Å²) in [5.41, 5.74) is 34.3. The van der Waals surface area contributed by atoms with E-state index in [-0.39, 0.29) is 5.92 Å². The van der Waals surface area contributed by atoms with Crippen molar-refractivity contribution in [3.8, 4) is 0 Å². The Bertz CT molecular complexity index is 2100. The van der Waals surface area contributed by atoms with Crippen molar-refractivity contribution in [2.75, 3.05) is 0 Å². The Hall–Kier alpha value is -2.93. The third kappa shape index (κ3) is 2.67. The van der Waals surface area contributed by atoms with Crippen LogP contribution in [0.5, 0.6) is 0 Å². The van der Waals surface area contributed by atoms with Crippen molar-refractivity contribution in [1.82, 2.24) is 0 Å². The number of allylic oxidation sites excluding steroid dienone is 2. The number of carbonyl (C=O) groups is 1. The van der Waals surface area contributed by atoms with Crippen molar-refractivity contribution in [1.29, 1.82) is 0 Å². The molecule has 0 saturated heterocycles. The fraction of sp³-hybridized carbons (Fsp3) is 0.533. The Kier molecular flexibility index (Phi) is 4.57. The lowest BCUT2D eigenvalue weighted by atomic mass is 9.62. The number of ketones is 1. The molecule has 3 aromatic carbocycles. The summed E-state index contributed by atoms with van der Waals surface area (Å²) < 4.78 is 0. The molecule has 4 atom stereocenters. The number of fused-ring (bicyclic) bond motifs is 26. The van der Waals surface area contributed by atoms with Gasteiger partial charge in [0.15, 0.2) is 5.78 Å². The summed E-state index contributed by atoms with van der Waals surface area (Å²) in [6, 6.07) is 0. The standard InChI is InChI=1S/C45H44O/c46-45-42-32-18-6-12-26(32)25-11-5-17-31(25)39(42)43-40-35(19-33-27-13-1-7-21(27)23-9-3-15-29(23)37(33)40)36-20-34-28-14-2-8-22(28)24-10-4-16-30(24)38(34)41(36)44(43)45/h40-41,43-44H,1-20H2/t40-,41-,43-,44-/m1/s1. The Balaban J connectivity index is 1.15. The molecule has 0 heterocycles. The van der Waals surface area contributed by atoms with Gasteiger partial charge >= 0.3 is 0 Å². The van der Waals surface area contributed by atoms with Crippen LogP contribution >= 0.6 is 0 Å². The van der Waals surface area contributed by atoms with Gasteiger partial charge in [0, 0.05) is 29.2 Å². The van der Waals surface area contributed by atoms with E-state index in [0.29, 0.717) is 23.5 Å². The molecule has 1 heteroatoms. The highest BCUT2D eigenvalue weighted by Crippen LogP contribution is 2.69. The first-order valence-electron chi connectivity index (χ1n) is 19.6. The van der Waals surface area contributed by atoms with Crippen LogP contribution in [0.3, 0.4) is 0 Å². The summed E-state index contributed by atoms with van der Waals surface area (Å²) in [7, 11) is 0. The molecule has 0 fully saturated rings. The third-order valence-electron chi connectivity index (χ3n) is 15.8. The van der Waals surface area contributed by atoms with E-state index in [1.54, 1.807) is 94.6 Å². The first kappa shape index (κ1) is 25.1. The minimum absolute atomic E-state index is 0.136. The van der Waals surface area contributed by atoms with Gasteiger partial charge in [-0.25, -0.2) is 0 Å². The molecule has 0 saturated carbocycles. The lowest BCUT2D eigenvalue weighted by molar-refractivity contribution is 0.0899. The molecule has 0 spiro atoms. The van der Waals surface area contributed by atoms with E-state index in [1.807, 2.05) is 5.57 Å². The maximum Gasteiger partial charge on any atom is 0.168 e. The van der Waals surface area contributed by atoms with Crippen LogP contribution in [0.1, 0.15) is 161 Å². The molecule has 0 amide bonds. The van der Waals surface area contributed by atoms with E-state index in [2.05, 4.69) is 0 Å². The fourth-order valence-electron chi connectivity index (χ4n) is 14.7. The van der Waals surface area contributed by atoms with Crippen molar-refractivity contribution in [2.24, 2.45) is 5.92 Å². The lowest BCUT2D eigenvalue weighted by Gasteiger charge is -2.40. The van der Waals surface area contributed by atoms with E-state index in [0.717, 1.165) is 6.42 Å². The molecule has 0 N–H and O–H groups in total. The smallest absolute Gasteiger partial charge is 0.168 e. The number of hydrogen-bond acceptors (Lipinski definition) is 1. The SMILES string of the molecule is O=C1c2c3c(c4c(c2[C@H]2[C@H]1[C@@H]1C(=C5Cc6c7c(c8c(c6[C@@H]52)CCC8)CCC7)Cc2c5c(c6c(c21)CCC6)CCC5)CCC4)CCC3. The number of Topliss-reactive ketones (excluding diaryl/α,β-unsaturated/α-hetero) is 1. The van der Waals surface area contributed by atoms with Gasteiger partial charge in [-0.05, 0) is 223 Å². The normalized spacial score (nSPS) is 29.3. The van der Waals surface area contributed by atoms with Crippen molar-refractivity contribution in [2.45, 2.75) is 146 Å². The zero-order chi connectivity index (χ0) is 29.6. The van der Waals surface area contributed by atoms with Gasteiger partial charge in [-0.2, -0.15) is 0 Å². The predicted octanol–water partition coefficient (Wildman–Crippen LogP) is 8.50. The highest BCUT2D eigenvalue weighted by Gasteiger charge is 2.60. The molecular formula is C45H44O. The van der Waals surface area contributed by atoms with Crippen LogP contribution in [0.4, 0.5) is 0 Å². The third-order valence-corrected chi connectivity index (χ3v) is 15.8.